The Hall–Kier alpha value is -1.36. The van der Waals surface area contributed by atoms with E-state index in [4.69, 9.17) is 9.47 Å². The fraction of sp³-hybridized carbons (Fsp3) is 0.700. The van der Waals surface area contributed by atoms with Crippen LogP contribution in [0.2, 0.25) is 0 Å². The highest BCUT2D eigenvalue weighted by Crippen LogP contribution is 2.50. The van der Waals surface area contributed by atoms with E-state index in [1.54, 1.807) is 12.1 Å². The number of anilines is 1. The van der Waals surface area contributed by atoms with Crippen molar-refractivity contribution in [2.75, 3.05) is 11.9 Å². The van der Waals surface area contributed by atoms with E-state index in [1.807, 2.05) is 6.07 Å². The van der Waals surface area contributed by atoms with Crippen LogP contribution in [0.1, 0.15) is 63.5 Å². The molecule has 1 aliphatic carbocycles. The third kappa shape index (κ3) is 3.48. The third-order valence-corrected chi connectivity index (χ3v) is 5.95. The molecule has 0 bridgehead atoms. The number of ether oxygens (including phenoxy) is 2. The van der Waals surface area contributed by atoms with Crippen LogP contribution in [0, 0.1) is 11.8 Å². The molecule has 2 fully saturated rings. The normalized spacial score (nSPS) is 30.1. The maximum Gasteiger partial charge on any atom is 0.394 e. The minimum Gasteiger partial charge on any atom is -0.431 e. The first-order valence-electron chi connectivity index (χ1n) is 9.61. The minimum atomic E-state index is -3.19. The Balaban J connectivity index is 1.70. The summed E-state index contributed by atoms with van der Waals surface area (Å²) in [6.45, 7) is 1.53. The Kier molecular flexibility index (Phi) is 4.61. The summed E-state index contributed by atoms with van der Waals surface area (Å²) in [5.41, 5.74) is 1.68. The van der Waals surface area contributed by atoms with E-state index in [-0.39, 0.29) is 17.9 Å². The van der Waals surface area contributed by atoms with Crippen LogP contribution >= 0.6 is 0 Å². The molecule has 3 aliphatic rings. The molecule has 3 nitrogen and oxygen atoms in total. The van der Waals surface area contributed by atoms with Gasteiger partial charge >= 0.3 is 6.11 Å². The maximum absolute atomic E-state index is 13.5. The Morgan fingerprint density at radius 1 is 1.12 bits per heavy atom. The van der Waals surface area contributed by atoms with Crippen molar-refractivity contribution in [1.29, 1.82) is 0 Å². The molecule has 0 unspecified atom stereocenters. The standard InChI is InChI=1S/C20H27F2NO2/c1-20(21,22)25-16-11-5-9-15-18(16)23-17(13-7-3-2-4-8-13)14-10-6-12-24-19(14)15/h5,9,11,13-14,17,19,23H,2-4,6-8,10,12H2,1H3/t14-,17+,19-/m0/s1. The molecule has 0 aromatic heterocycles. The molecule has 1 aromatic carbocycles. The monoisotopic (exact) mass is 351 g/mol. The van der Waals surface area contributed by atoms with Crippen LogP contribution in [0.4, 0.5) is 14.5 Å². The maximum atomic E-state index is 13.5. The second-order valence-corrected chi connectivity index (χ2v) is 7.80. The predicted molar refractivity (Wildman–Crippen MR) is 93.1 cm³/mol. The molecule has 138 valence electrons. The van der Waals surface area contributed by atoms with Gasteiger partial charge in [-0.25, -0.2) is 0 Å². The van der Waals surface area contributed by atoms with E-state index in [0.29, 0.717) is 17.5 Å². The van der Waals surface area contributed by atoms with E-state index in [1.165, 1.54) is 32.1 Å². The van der Waals surface area contributed by atoms with E-state index < -0.39 is 6.11 Å². The average Bonchev–Trinajstić information content (AvgIpc) is 2.61. The van der Waals surface area contributed by atoms with E-state index in [2.05, 4.69) is 5.32 Å². The molecule has 2 heterocycles. The van der Waals surface area contributed by atoms with Crippen LogP contribution in [-0.2, 0) is 4.74 Å². The number of alkyl halides is 2. The first-order chi connectivity index (χ1) is 12.0. The predicted octanol–water partition coefficient (Wildman–Crippen LogP) is 5.52. The molecule has 5 heteroatoms. The quantitative estimate of drug-likeness (QED) is 0.778. The van der Waals surface area contributed by atoms with E-state index >= 15 is 0 Å². The number of nitrogens with one attached hydrogen (secondary N) is 1. The molecule has 1 saturated heterocycles. The highest BCUT2D eigenvalue weighted by Gasteiger charge is 2.43. The summed E-state index contributed by atoms with van der Waals surface area (Å²) in [5.74, 6) is 1.24. The smallest absolute Gasteiger partial charge is 0.394 e. The number of rotatable bonds is 3. The molecular formula is C20H27F2NO2. The number of benzene rings is 1. The lowest BCUT2D eigenvalue weighted by molar-refractivity contribution is -0.158. The van der Waals surface area contributed by atoms with Crippen molar-refractivity contribution in [1.82, 2.24) is 0 Å². The van der Waals surface area contributed by atoms with Crippen molar-refractivity contribution >= 4 is 5.69 Å². The van der Waals surface area contributed by atoms with Crippen molar-refractivity contribution < 1.29 is 18.3 Å². The Labute approximate surface area is 148 Å². The Bertz CT molecular complexity index is 610. The lowest BCUT2D eigenvalue weighted by atomic mass is 9.71. The number of hydrogen-bond acceptors (Lipinski definition) is 3. The van der Waals surface area contributed by atoms with Gasteiger partial charge in [0, 0.05) is 31.1 Å². The zero-order valence-electron chi connectivity index (χ0n) is 14.8. The first-order valence-corrected chi connectivity index (χ1v) is 9.61. The second-order valence-electron chi connectivity index (χ2n) is 7.80. The van der Waals surface area contributed by atoms with Crippen molar-refractivity contribution in [3.63, 3.8) is 0 Å². The van der Waals surface area contributed by atoms with Gasteiger partial charge in [-0.1, -0.05) is 31.4 Å². The van der Waals surface area contributed by atoms with Crippen molar-refractivity contribution in [2.24, 2.45) is 11.8 Å². The molecular weight excluding hydrogens is 324 g/mol. The van der Waals surface area contributed by atoms with Crippen LogP contribution in [0.5, 0.6) is 5.75 Å². The van der Waals surface area contributed by atoms with Crippen LogP contribution in [0.25, 0.3) is 0 Å². The molecule has 0 spiro atoms. The van der Waals surface area contributed by atoms with Crippen LogP contribution in [-0.4, -0.2) is 18.8 Å². The second kappa shape index (κ2) is 6.75. The van der Waals surface area contributed by atoms with Gasteiger partial charge in [0.2, 0.25) is 0 Å². The molecule has 3 atom stereocenters. The van der Waals surface area contributed by atoms with Gasteiger partial charge in [0.15, 0.2) is 0 Å². The zero-order valence-corrected chi connectivity index (χ0v) is 14.8. The molecule has 1 N–H and O–H groups in total. The summed E-state index contributed by atoms with van der Waals surface area (Å²) in [7, 11) is 0. The fourth-order valence-electron chi connectivity index (χ4n) is 4.94. The van der Waals surface area contributed by atoms with Gasteiger partial charge in [0.05, 0.1) is 11.8 Å². The minimum absolute atomic E-state index is 0.00837. The van der Waals surface area contributed by atoms with Gasteiger partial charge < -0.3 is 14.8 Å². The van der Waals surface area contributed by atoms with Crippen LogP contribution in [0.15, 0.2) is 18.2 Å². The topological polar surface area (TPSA) is 30.5 Å². The van der Waals surface area contributed by atoms with E-state index in [9.17, 15) is 8.78 Å². The largest absolute Gasteiger partial charge is 0.431 e. The Morgan fingerprint density at radius 2 is 1.92 bits per heavy atom. The summed E-state index contributed by atoms with van der Waals surface area (Å²) in [6, 6.07) is 5.69. The van der Waals surface area contributed by atoms with Crippen LogP contribution in [0.3, 0.4) is 0 Å². The highest BCUT2D eigenvalue weighted by molar-refractivity contribution is 5.65. The number of halogens is 2. The summed E-state index contributed by atoms with van der Waals surface area (Å²) >= 11 is 0. The molecule has 0 radical (unpaired) electrons. The molecule has 25 heavy (non-hydrogen) atoms. The lowest BCUT2D eigenvalue weighted by Gasteiger charge is -2.47. The number of para-hydroxylation sites is 1. The summed E-state index contributed by atoms with van der Waals surface area (Å²) in [5, 5.41) is 3.62. The Morgan fingerprint density at radius 3 is 2.68 bits per heavy atom. The zero-order chi connectivity index (χ0) is 17.4. The SMILES string of the molecule is CC(F)(F)Oc1cccc2c1N[C@H](C1CCCCC1)[C@@H]1CCCO[C@H]21. The van der Waals surface area contributed by atoms with Crippen molar-refractivity contribution in [3.8, 4) is 5.75 Å². The van der Waals surface area contributed by atoms with Crippen LogP contribution < -0.4 is 10.1 Å². The van der Waals surface area contributed by atoms with Gasteiger partial charge in [-0.3, -0.25) is 0 Å². The number of hydrogen-bond donors (Lipinski definition) is 1. The molecule has 2 aliphatic heterocycles. The molecule has 1 saturated carbocycles. The average molecular weight is 351 g/mol. The van der Waals surface area contributed by atoms with E-state index in [0.717, 1.165) is 31.9 Å². The van der Waals surface area contributed by atoms with Gasteiger partial charge in [-0.05, 0) is 37.7 Å². The van der Waals surface area contributed by atoms with Gasteiger partial charge in [-0.15, -0.1) is 0 Å². The van der Waals surface area contributed by atoms with Crippen molar-refractivity contribution in [2.45, 2.75) is 70.1 Å². The van der Waals surface area contributed by atoms with Gasteiger partial charge in [0.25, 0.3) is 0 Å². The lowest BCUT2D eigenvalue weighted by Crippen LogP contribution is -2.46. The van der Waals surface area contributed by atoms with Gasteiger partial charge in [0.1, 0.15) is 5.75 Å². The molecule has 1 aromatic rings. The van der Waals surface area contributed by atoms with Gasteiger partial charge in [-0.2, -0.15) is 8.78 Å². The highest BCUT2D eigenvalue weighted by atomic mass is 19.3. The first kappa shape index (κ1) is 17.1. The third-order valence-electron chi connectivity index (χ3n) is 5.95. The molecule has 4 rings (SSSR count). The summed E-state index contributed by atoms with van der Waals surface area (Å²) in [6.07, 6.45) is 5.26. The number of fused-ring (bicyclic) bond motifs is 3. The summed E-state index contributed by atoms with van der Waals surface area (Å²) in [4.78, 5) is 0. The molecule has 0 amide bonds. The van der Waals surface area contributed by atoms with Crippen molar-refractivity contribution in [3.05, 3.63) is 23.8 Å². The summed E-state index contributed by atoms with van der Waals surface area (Å²) < 4.78 is 38.1. The fourth-order valence-corrected chi connectivity index (χ4v) is 4.94.